The highest BCUT2D eigenvalue weighted by atomic mass is 32.1. The molecule has 4 nitrogen and oxygen atoms in total. The van der Waals surface area contributed by atoms with E-state index in [1.807, 2.05) is 6.07 Å². The fourth-order valence-electron chi connectivity index (χ4n) is 3.16. The van der Waals surface area contributed by atoms with Crippen LogP contribution in [0.4, 0.5) is 5.13 Å². The predicted octanol–water partition coefficient (Wildman–Crippen LogP) is 2.57. The zero-order valence-corrected chi connectivity index (χ0v) is 12.2. The summed E-state index contributed by atoms with van der Waals surface area (Å²) in [4.78, 5) is 7.18. The quantitative estimate of drug-likeness (QED) is 0.942. The van der Waals surface area contributed by atoms with Crippen LogP contribution in [0.1, 0.15) is 12.8 Å². The van der Waals surface area contributed by atoms with Crippen LogP contribution < -0.4 is 5.32 Å². The molecule has 3 heterocycles. The molecule has 4 rings (SSSR count). The molecule has 20 heavy (non-hydrogen) atoms. The largest absolute Gasteiger partial charge is 0.373 e. The molecule has 2 unspecified atom stereocenters. The molecule has 2 fully saturated rings. The van der Waals surface area contributed by atoms with Crippen molar-refractivity contribution in [1.29, 1.82) is 0 Å². The fourth-order valence-corrected chi connectivity index (χ4v) is 4.03. The minimum Gasteiger partial charge on any atom is -0.373 e. The fraction of sp³-hybridized carbons (Fsp3) is 0.533. The van der Waals surface area contributed by atoms with Gasteiger partial charge in [0.2, 0.25) is 0 Å². The maximum Gasteiger partial charge on any atom is 0.183 e. The number of thiazole rings is 1. The summed E-state index contributed by atoms with van der Waals surface area (Å²) in [6.07, 6.45) is 2.92. The lowest BCUT2D eigenvalue weighted by molar-refractivity contribution is -0.0415. The van der Waals surface area contributed by atoms with Crippen LogP contribution in [0.5, 0.6) is 0 Å². The van der Waals surface area contributed by atoms with Gasteiger partial charge in [-0.1, -0.05) is 23.5 Å². The van der Waals surface area contributed by atoms with Gasteiger partial charge in [-0.05, 0) is 31.5 Å². The van der Waals surface area contributed by atoms with Gasteiger partial charge in [0.1, 0.15) is 0 Å². The average Bonchev–Trinajstić information content (AvgIpc) is 3.10. The minimum atomic E-state index is 0.288. The Kier molecular flexibility index (Phi) is 3.34. The lowest BCUT2D eigenvalue weighted by Gasteiger charge is -2.35. The number of rotatable bonds is 3. The van der Waals surface area contributed by atoms with E-state index in [4.69, 9.17) is 4.74 Å². The maximum atomic E-state index is 5.96. The summed E-state index contributed by atoms with van der Waals surface area (Å²) in [7, 11) is 0. The molecule has 0 saturated carbocycles. The number of nitrogens with zero attached hydrogens (tertiary/aromatic N) is 2. The molecule has 0 bridgehead atoms. The maximum absolute atomic E-state index is 5.96. The minimum absolute atomic E-state index is 0.288. The molecule has 2 aliphatic heterocycles. The molecule has 1 aromatic heterocycles. The number of morpholine rings is 1. The van der Waals surface area contributed by atoms with Gasteiger partial charge < -0.3 is 10.1 Å². The average molecular weight is 289 g/mol. The number of fused-ring (bicyclic) bond motifs is 2. The highest BCUT2D eigenvalue weighted by Crippen LogP contribution is 2.26. The van der Waals surface area contributed by atoms with E-state index in [2.05, 4.69) is 33.4 Å². The molecule has 5 heteroatoms. The van der Waals surface area contributed by atoms with Crippen molar-refractivity contribution in [2.24, 2.45) is 0 Å². The molecule has 1 N–H and O–H groups in total. The lowest BCUT2D eigenvalue weighted by Crippen LogP contribution is -2.48. The molecule has 0 radical (unpaired) electrons. The molecule has 2 atom stereocenters. The monoisotopic (exact) mass is 289 g/mol. The standard InChI is InChI=1S/C15H19N3OS/c1-2-6-14-13(5-1)17-15(20-14)16-8-12-9-18-7-3-4-11(18)10-19-12/h1-2,5-6,11-12H,3-4,7-10H2,(H,16,17). The second-order valence-corrected chi connectivity index (χ2v) is 6.64. The number of hydrogen-bond donors (Lipinski definition) is 1. The van der Waals surface area contributed by atoms with Gasteiger partial charge in [-0.25, -0.2) is 4.98 Å². The molecular formula is C15H19N3OS. The van der Waals surface area contributed by atoms with Crippen LogP contribution in [-0.2, 0) is 4.74 Å². The number of ether oxygens (including phenoxy) is 1. The zero-order chi connectivity index (χ0) is 13.4. The Morgan fingerprint density at radius 2 is 2.35 bits per heavy atom. The van der Waals surface area contributed by atoms with Crippen molar-refractivity contribution in [1.82, 2.24) is 9.88 Å². The van der Waals surface area contributed by atoms with Crippen LogP contribution in [0, 0.1) is 0 Å². The van der Waals surface area contributed by atoms with E-state index >= 15 is 0 Å². The van der Waals surface area contributed by atoms with E-state index < -0.39 is 0 Å². The van der Waals surface area contributed by atoms with Gasteiger partial charge in [0, 0.05) is 19.1 Å². The normalized spacial score (nSPS) is 26.8. The lowest BCUT2D eigenvalue weighted by atomic mass is 10.2. The molecule has 0 aliphatic carbocycles. The molecule has 1 aromatic carbocycles. The first-order chi connectivity index (χ1) is 9.88. The van der Waals surface area contributed by atoms with E-state index in [9.17, 15) is 0 Å². The molecule has 106 valence electrons. The van der Waals surface area contributed by atoms with E-state index in [1.165, 1.54) is 24.1 Å². The second kappa shape index (κ2) is 5.31. The summed E-state index contributed by atoms with van der Waals surface area (Å²) in [5.74, 6) is 0. The molecule has 2 saturated heterocycles. The van der Waals surface area contributed by atoms with Crippen LogP contribution >= 0.6 is 11.3 Å². The van der Waals surface area contributed by atoms with Gasteiger partial charge >= 0.3 is 0 Å². The molecule has 0 spiro atoms. The van der Waals surface area contributed by atoms with Gasteiger partial charge in [-0.15, -0.1) is 0 Å². The Labute approximate surface area is 122 Å². The Bertz CT molecular complexity index is 567. The number of para-hydroxylation sites is 1. The molecule has 2 aromatic rings. The highest BCUT2D eigenvalue weighted by molar-refractivity contribution is 7.22. The van der Waals surface area contributed by atoms with Crippen LogP contribution in [0.3, 0.4) is 0 Å². The van der Waals surface area contributed by atoms with Gasteiger partial charge in [0.05, 0.1) is 22.9 Å². The third-order valence-electron chi connectivity index (χ3n) is 4.24. The van der Waals surface area contributed by atoms with Gasteiger partial charge in [-0.2, -0.15) is 0 Å². The van der Waals surface area contributed by atoms with Crippen molar-refractivity contribution >= 4 is 26.7 Å². The van der Waals surface area contributed by atoms with Crippen molar-refractivity contribution < 1.29 is 4.74 Å². The molecular weight excluding hydrogens is 270 g/mol. The first-order valence-electron chi connectivity index (χ1n) is 7.33. The van der Waals surface area contributed by atoms with Crippen molar-refractivity contribution in [3.63, 3.8) is 0 Å². The van der Waals surface area contributed by atoms with Gasteiger partial charge in [0.15, 0.2) is 5.13 Å². The van der Waals surface area contributed by atoms with E-state index in [1.54, 1.807) is 11.3 Å². The first-order valence-corrected chi connectivity index (χ1v) is 8.15. The van der Waals surface area contributed by atoms with Crippen LogP contribution in [0.15, 0.2) is 24.3 Å². The smallest absolute Gasteiger partial charge is 0.183 e. The van der Waals surface area contributed by atoms with Crippen molar-refractivity contribution in [3.8, 4) is 0 Å². The van der Waals surface area contributed by atoms with Crippen molar-refractivity contribution in [2.75, 3.05) is 31.6 Å². The van der Waals surface area contributed by atoms with E-state index in [-0.39, 0.29) is 6.10 Å². The van der Waals surface area contributed by atoms with Gasteiger partial charge in [0.25, 0.3) is 0 Å². The van der Waals surface area contributed by atoms with Crippen LogP contribution in [0.25, 0.3) is 10.2 Å². The highest BCUT2D eigenvalue weighted by Gasteiger charge is 2.32. The zero-order valence-electron chi connectivity index (χ0n) is 11.4. The first kappa shape index (κ1) is 12.6. The predicted molar refractivity (Wildman–Crippen MR) is 82.4 cm³/mol. The number of nitrogens with one attached hydrogen (secondary N) is 1. The van der Waals surface area contributed by atoms with Crippen LogP contribution in [0.2, 0.25) is 0 Å². The summed E-state index contributed by atoms with van der Waals surface area (Å²) < 4.78 is 7.20. The number of benzene rings is 1. The Hall–Kier alpha value is -1.17. The van der Waals surface area contributed by atoms with Crippen molar-refractivity contribution in [3.05, 3.63) is 24.3 Å². The summed E-state index contributed by atoms with van der Waals surface area (Å²) >= 11 is 1.71. The van der Waals surface area contributed by atoms with Crippen LogP contribution in [-0.4, -0.2) is 48.3 Å². The Morgan fingerprint density at radius 3 is 3.30 bits per heavy atom. The summed E-state index contributed by atoms with van der Waals surface area (Å²) in [5, 5.41) is 4.44. The third kappa shape index (κ3) is 2.41. The SMILES string of the molecule is c1ccc2sc(NCC3CN4CCCC4CO3)nc2c1. The van der Waals surface area contributed by atoms with Crippen molar-refractivity contribution in [2.45, 2.75) is 25.0 Å². The summed E-state index contributed by atoms with van der Waals surface area (Å²) in [6, 6.07) is 8.94. The summed E-state index contributed by atoms with van der Waals surface area (Å²) in [5.41, 5.74) is 1.07. The Morgan fingerprint density at radius 1 is 1.40 bits per heavy atom. The number of hydrogen-bond acceptors (Lipinski definition) is 5. The second-order valence-electron chi connectivity index (χ2n) is 5.61. The molecule has 2 aliphatic rings. The third-order valence-corrected chi connectivity index (χ3v) is 5.23. The summed E-state index contributed by atoms with van der Waals surface area (Å²) in [6.45, 7) is 4.05. The topological polar surface area (TPSA) is 37.4 Å². The van der Waals surface area contributed by atoms with E-state index in [0.717, 1.165) is 30.3 Å². The molecule has 0 amide bonds. The van der Waals surface area contributed by atoms with E-state index in [0.29, 0.717) is 6.04 Å². The Balaban J connectivity index is 1.38. The van der Waals surface area contributed by atoms with Gasteiger partial charge in [-0.3, -0.25) is 4.90 Å². The number of aromatic nitrogens is 1. The number of anilines is 1.